The number of nitrogens with one attached hydrogen (secondary N) is 2. The number of pyridine rings is 1. The minimum absolute atomic E-state index is 0.152. The van der Waals surface area contributed by atoms with Gasteiger partial charge < -0.3 is 15.4 Å². The number of hydrogen-bond acceptors (Lipinski definition) is 5. The Hall–Kier alpha value is -2.44. The smallest absolute Gasteiger partial charge is 0.408 e. The van der Waals surface area contributed by atoms with Crippen LogP contribution >= 0.6 is 0 Å². The summed E-state index contributed by atoms with van der Waals surface area (Å²) in [5, 5.41) is 5.19. The lowest BCUT2D eigenvalue weighted by Crippen LogP contribution is -2.48. The van der Waals surface area contributed by atoms with Gasteiger partial charge in [0.25, 0.3) is 5.91 Å². The molecule has 156 valence electrons. The molecule has 0 fully saturated rings. The molecule has 0 saturated carbocycles. The first kappa shape index (κ1) is 23.6. The molecule has 1 aromatic rings. The van der Waals surface area contributed by atoms with Crippen molar-refractivity contribution in [2.75, 3.05) is 0 Å². The van der Waals surface area contributed by atoms with Gasteiger partial charge >= 0.3 is 6.09 Å². The van der Waals surface area contributed by atoms with Crippen LogP contribution in [0.25, 0.3) is 0 Å². The van der Waals surface area contributed by atoms with Gasteiger partial charge in [-0.1, -0.05) is 47.5 Å². The van der Waals surface area contributed by atoms with Gasteiger partial charge in [0.05, 0.1) is 0 Å². The molecule has 1 heterocycles. The van der Waals surface area contributed by atoms with Gasteiger partial charge in [-0.3, -0.25) is 14.6 Å². The average Bonchev–Trinajstić information content (AvgIpc) is 2.67. The normalized spacial score (nSPS) is 12.1. The molecule has 0 saturated heterocycles. The molecule has 2 N–H and O–H groups in total. The number of carbonyl (C=O) groups excluding carboxylic acids is 3. The van der Waals surface area contributed by atoms with E-state index in [2.05, 4.69) is 15.6 Å². The number of Topliss-reactive ketones (excluding diaryl/α,β-unsaturated/α-hetero) is 1. The van der Waals surface area contributed by atoms with Crippen LogP contribution < -0.4 is 10.6 Å². The van der Waals surface area contributed by atoms with E-state index in [1.165, 1.54) is 0 Å². The van der Waals surface area contributed by atoms with Crippen LogP contribution in [0.5, 0.6) is 0 Å². The van der Waals surface area contributed by atoms with Crippen LogP contribution in [0, 0.1) is 11.8 Å². The molecule has 0 unspecified atom stereocenters. The second kappa shape index (κ2) is 12.1. The molecule has 7 heteroatoms. The zero-order valence-electron chi connectivity index (χ0n) is 17.5. The molecule has 28 heavy (non-hydrogen) atoms. The lowest BCUT2D eigenvalue weighted by molar-refractivity contribution is -0.139. The molecule has 0 aliphatic rings. The van der Waals surface area contributed by atoms with Crippen molar-refractivity contribution in [3.8, 4) is 0 Å². The molecule has 0 radical (unpaired) electrons. The highest BCUT2D eigenvalue weighted by Crippen LogP contribution is 2.16. The summed E-state index contributed by atoms with van der Waals surface area (Å²) in [6.45, 7) is 10.1. The number of carbonyl (C=O) groups is 3. The molecule has 0 aliphatic heterocycles. The molecule has 0 aromatic carbocycles. The van der Waals surface area contributed by atoms with Crippen LogP contribution in [0.1, 0.15) is 59.4 Å². The molecule has 1 atom stereocenters. The molecule has 1 aromatic heterocycles. The minimum Gasteiger partial charge on any atom is -0.446 e. The molecule has 2 amide bonds. The Balaban J connectivity index is 2.70. The standard InChI is InChI=1S/C21H33N3O4/c1-6-7-8-17(24-21(27)28-19(14(2)3)15(4)5)18(25)20(26)23-13-16-9-11-22-12-10-16/h9-12,14-15,17,19H,6-8,13H2,1-5H3,(H,23,26)(H,24,27)/t17-/m0/s1. The predicted octanol–water partition coefficient (Wildman–Crippen LogP) is 3.23. The number of aromatic nitrogens is 1. The zero-order valence-corrected chi connectivity index (χ0v) is 17.5. The maximum Gasteiger partial charge on any atom is 0.408 e. The number of ether oxygens (including phenoxy) is 1. The Kier molecular flexibility index (Phi) is 10.2. The summed E-state index contributed by atoms with van der Waals surface area (Å²) >= 11 is 0. The summed E-state index contributed by atoms with van der Waals surface area (Å²) < 4.78 is 5.50. The summed E-state index contributed by atoms with van der Waals surface area (Å²) in [6, 6.07) is 2.62. The van der Waals surface area contributed by atoms with E-state index in [0.29, 0.717) is 12.8 Å². The summed E-state index contributed by atoms with van der Waals surface area (Å²) in [7, 11) is 0. The van der Waals surface area contributed by atoms with Crippen molar-refractivity contribution in [3.05, 3.63) is 30.1 Å². The first-order valence-electron chi connectivity index (χ1n) is 9.94. The van der Waals surface area contributed by atoms with Gasteiger partial charge in [0.1, 0.15) is 12.1 Å². The number of amides is 2. The topological polar surface area (TPSA) is 97.4 Å². The van der Waals surface area contributed by atoms with Crippen LogP contribution in [-0.4, -0.2) is 34.9 Å². The number of hydrogen-bond donors (Lipinski definition) is 2. The van der Waals surface area contributed by atoms with Crippen LogP contribution in [0.15, 0.2) is 24.5 Å². The first-order chi connectivity index (χ1) is 13.3. The molecule has 7 nitrogen and oxygen atoms in total. The van der Waals surface area contributed by atoms with E-state index in [1.54, 1.807) is 24.5 Å². The lowest BCUT2D eigenvalue weighted by atomic mass is 9.96. The van der Waals surface area contributed by atoms with E-state index in [-0.39, 0.29) is 24.5 Å². The summed E-state index contributed by atoms with van der Waals surface area (Å²) in [5.41, 5.74) is 0.838. The number of unbranched alkanes of at least 4 members (excludes halogenated alkanes) is 1. The highest BCUT2D eigenvalue weighted by molar-refractivity contribution is 6.38. The van der Waals surface area contributed by atoms with E-state index >= 15 is 0 Å². The zero-order chi connectivity index (χ0) is 21.1. The van der Waals surface area contributed by atoms with Gasteiger partial charge in [-0.15, -0.1) is 0 Å². The van der Waals surface area contributed by atoms with E-state index < -0.39 is 23.8 Å². The highest BCUT2D eigenvalue weighted by atomic mass is 16.6. The van der Waals surface area contributed by atoms with Crippen LogP contribution in [0.4, 0.5) is 4.79 Å². The van der Waals surface area contributed by atoms with Crippen molar-refractivity contribution >= 4 is 17.8 Å². The van der Waals surface area contributed by atoms with Crippen molar-refractivity contribution in [1.82, 2.24) is 15.6 Å². The maximum atomic E-state index is 12.6. The first-order valence-corrected chi connectivity index (χ1v) is 9.94. The fraction of sp³-hybridized carbons (Fsp3) is 0.619. The second-order valence-electron chi connectivity index (χ2n) is 7.60. The molecule has 0 bridgehead atoms. The van der Waals surface area contributed by atoms with Gasteiger partial charge in [0.15, 0.2) is 0 Å². The van der Waals surface area contributed by atoms with Crippen molar-refractivity contribution in [2.24, 2.45) is 11.8 Å². The second-order valence-corrected chi connectivity index (χ2v) is 7.60. The Morgan fingerprint density at radius 1 is 1.07 bits per heavy atom. The Morgan fingerprint density at radius 2 is 1.68 bits per heavy atom. The van der Waals surface area contributed by atoms with Gasteiger partial charge in [-0.05, 0) is 36.0 Å². The van der Waals surface area contributed by atoms with E-state index in [4.69, 9.17) is 4.74 Å². The number of alkyl carbamates (subject to hydrolysis) is 1. The van der Waals surface area contributed by atoms with Gasteiger partial charge in [0.2, 0.25) is 5.78 Å². The minimum atomic E-state index is -0.898. The third-order valence-electron chi connectivity index (χ3n) is 4.44. The Labute approximate surface area is 167 Å². The van der Waals surface area contributed by atoms with Gasteiger partial charge in [-0.2, -0.15) is 0 Å². The Morgan fingerprint density at radius 3 is 2.21 bits per heavy atom. The fourth-order valence-electron chi connectivity index (χ4n) is 2.95. The monoisotopic (exact) mass is 391 g/mol. The largest absolute Gasteiger partial charge is 0.446 e. The lowest BCUT2D eigenvalue weighted by Gasteiger charge is -2.26. The van der Waals surface area contributed by atoms with Crippen molar-refractivity contribution in [3.63, 3.8) is 0 Å². The summed E-state index contributed by atoms with van der Waals surface area (Å²) in [5.74, 6) is -1.08. The summed E-state index contributed by atoms with van der Waals surface area (Å²) in [6.07, 6.45) is 4.26. The predicted molar refractivity (Wildman–Crippen MR) is 107 cm³/mol. The number of ketones is 1. The third kappa shape index (κ3) is 8.06. The van der Waals surface area contributed by atoms with Crippen LogP contribution in [0.2, 0.25) is 0 Å². The van der Waals surface area contributed by atoms with Crippen molar-refractivity contribution in [1.29, 1.82) is 0 Å². The van der Waals surface area contributed by atoms with Crippen molar-refractivity contribution in [2.45, 2.75) is 72.6 Å². The summed E-state index contributed by atoms with van der Waals surface area (Å²) in [4.78, 5) is 41.1. The number of rotatable bonds is 11. The van der Waals surface area contributed by atoms with E-state index in [1.807, 2.05) is 34.6 Å². The van der Waals surface area contributed by atoms with Gasteiger partial charge in [0, 0.05) is 18.9 Å². The molecule has 0 aliphatic carbocycles. The van der Waals surface area contributed by atoms with Crippen LogP contribution in [-0.2, 0) is 20.9 Å². The molecular weight excluding hydrogens is 358 g/mol. The molecular formula is C21H33N3O4. The fourth-order valence-corrected chi connectivity index (χ4v) is 2.95. The van der Waals surface area contributed by atoms with Crippen LogP contribution in [0.3, 0.4) is 0 Å². The average molecular weight is 392 g/mol. The van der Waals surface area contributed by atoms with E-state index in [9.17, 15) is 14.4 Å². The number of nitrogens with zero attached hydrogens (tertiary/aromatic N) is 1. The molecule has 1 rings (SSSR count). The van der Waals surface area contributed by atoms with Gasteiger partial charge in [-0.25, -0.2) is 4.79 Å². The SMILES string of the molecule is CCCC[C@H](NC(=O)OC(C(C)C)C(C)C)C(=O)C(=O)NCc1ccncc1. The maximum absolute atomic E-state index is 12.6. The van der Waals surface area contributed by atoms with E-state index in [0.717, 1.165) is 12.0 Å². The third-order valence-corrected chi connectivity index (χ3v) is 4.44. The Bertz CT molecular complexity index is 624. The van der Waals surface area contributed by atoms with Crippen molar-refractivity contribution < 1.29 is 19.1 Å². The highest BCUT2D eigenvalue weighted by Gasteiger charge is 2.29. The molecule has 0 spiro atoms. The quantitative estimate of drug-likeness (QED) is 0.565.